The summed E-state index contributed by atoms with van der Waals surface area (Å²) in [6.45, 7) is 2.55. The van der Waals surface area contributed by atoms with Crippen molar-refractivity contribution in [2.24, 2.45) is 0 Å². The van der Waals surface area contributed by atoms with E-state index in [1.807, 2.05) is 43.3 Å². The maximum Gasteiger partial charge on any atom is 0.270 e. The SMILES string of the molecule is Cc1ccc(Nc2ccc(C(=O)NCc3ccc4c(c3)OCO4)nc2)cc1Cl. The summed E-state index contributed by atoms with van der Waals surface area (Å²) in [5, 5.41) is 6.76. The molecule has 28 heavy (non-hydrogen) atoms. The Kier molecular flexibility index (Phi) is 5.04. The van der Waals surface area contributed by atoms with E-state index in [0.717, 1.165) is 28.3 Å². The molecule has 1 aliphatic rings. The van der Waals surface area contributed by atoms with Gasteiger partial charge in [0.25, 0.3) is 5.91 Å². The summed E-state index contributed by atoms with van der Waals surface area (Å²) in [6.07, 6.45) is 1.61. The quantitative estimate of drug-likeness (QED) is 0.668. The molecule has 0 saturated carbocycles. The predicted octanol–water partition coefficient (Wildman–Crippen LogP) is 4.45. The van der Waals surface area contributed by atoms with Crippen molar-refractivity contribution >= 4 is 28.9 Å². The molecule has 0 spiro atoms. The van der Waals surface area contributed by atoms with Gasteiger partial charge < -0.3 is 20.1 Å². The van der Waals surface area contributed by atoms with Crippen LogP contribution in [-0.4, -0.2) is 17.7 Å². The fourth-order valence-corrected chi connectivity index (χ4v) is 2.94. The second-order valence-corrected chi connectivity index (χ2v) is 6.80. The smallest absolute Gasteiger partial charge is 0.270 e. The standard InChI is InChI=1S/C21H18ClN3O3/c1-13-2-4-15(9-17(13)22)25-16-5-6-18(23-11-16)21(26)24-10-14-3-7-19-20(8-14)28-12-27-19/h2-9,11,25H,10,12H2,1H3,(H,24,26). The number of nitrogens with zero attached hydrogens (tertiary/aromatic N) is 1. The molecule has 0 unspecified atom stereocenters. The highest BCUT2D eigenvalue weighted by Gasteiger charge is 2.14. The molecule has 3 aromatic rings. The lowest BCUT2D eigenvalue weighted by Gasteiger charge is -2.09. The Labute approximate surface area is 167 Å². The topological polar surface area (TPSA) is 72.5 Å². The van der Waals surface area contributed by atoms with Crippen molar-refractivity contribution in [2.45, 2.75) is 13.5 Å². The first-order valence-corrected chi connectivity index (χ1v) is 9.12. The fraction of sp³-hybridized carbons (Fsp3) is 0.143. The molecule has 0 atom stereocenters. The zero-order chi connectivity index (χ0) is 19.5. The zero-order valence-corrected chi connectivity index (χ0v) is 15.9. The number of carbonyl (C=O) groups excluding carboxylic acids is 1. The molecular formula is C21H18ClN3O3. The van der Waals surface area contributed by atoms with Crippen molar-refractivity contribution in [1.82, 2.24) is 10.3 Å². The first-order valence-electron chi connectivity index (χ1n) is 8.74. The molecule has 0 bridgehead atoms. The highest BCUT2D eigenvalue weighted by Crippen LogP contribution is 2.32. The van der Waals surface area contributed by atoms with Gasteiger partial charge in [-0.15, -0.1) is 0 Å². The van der Waals surface area contributed by atoms with Gasteiger partial charge in [0.1, 0.15) is 5.69 Å². The van der Waals surface area contributed by atoms with Crippen molar-refractivity contribution in [3.8, 4) is 11.5 Å². The van der Waals surface area contributed by atoms with Crippen LogP contribution in [0.4, 0.5) is 11.4 Å². The number of carbonyl (C=O) groups is 1. The third kappa shape index (κ3) is 4.02. The number of rotatable bonds is 5. The number of amides is 1. The minimum Gasteiger partial charge on any atom is -0.454 e. The van der Waals surface area contributed by atoms with E-state index in [4.69, 9.17) is 21.1 Å². The van der Waals surface area contributed by atoms with E-state index in [0.29, 0.717) is 23.0 Å². The van der Waals surface area contributed by atoms with Crippen LogP contribution in [0.1, 0.15) is 21.6 Å². The normalized spacial score (nSPS) is 11.9. The molecule has 6 nitrogen and oxygen atoms in total. The van der Waals surface area contributed by atoms with E-state index in [-0.39, 0.29) is 12.7 Å². The van der Waals surface area contributed by atoms with Crippen molar-refractivity contribution < 1.29 is 14.3 Å². The molecule has 7 heteroatoms. The number of anilines is 2. The molecule has 0 aliphatic carbocycles. The van der Waals surface area contributed by atoms with Gasteiger partial charge >= 0.3 is 0 Å². The average Bonchev–Trinajstić information content (AvgIpc) is 3.17. The Hall–Kier alpha value is -3.25. The van der Waals surface area contributed by atoms with Crippen LogP contribution in [0.15, 0.2) is 54.7 Å². The Morgan fingerprint density at radius 3 is 2.68 bits per heavy atom. The van der Waals surface area contributed by atoms with Crippen LogP contribution < -0.4 is 20.1 Å². The summed E-state index contributed by atoms with van der Waals surface area (Å²) in [5.41, 5.74) is 3.91. The molecule has 1 amide bonds. The number of halogens is 1. The van der Waals surface area contributed by atoms with E-state index in [2.05, 4.69) is 15.6 Å². The Balaban J connectivity index is 1.36. The molecule has 2 aromatic carbocycles. The number of hydrogen-bond acceptors (Lipinski definition) is 5. The van der Waals surface area contributed by atoms with E-state index < -0.39 is 0 Å². The van der Waals surface area contributed by atoms with Gasteiger partial charge in [0.2, 0.25) is 6.79 Å². The number of ether oxygens (including phenoxy) is 2. The van der Waals surface area contributed by atoms with E-state index in [1.165, 1.54) is 0 Å². The van der Waals surface area contributed by atoms with Crippen LogP contribution in [0.25, 0.3) is 0 Å². The molecule has 2 N–H and O–H groups in total. The molecular weight excluding hydrogens is 378 g/mol. The zero-order valence-electron chi connectivity index (χ0n) is 15.2. The first-order chi connectivity index (χ1) is 13.6. The summed E-state index contributed by atoms with van der Waals surface area (Å²) >= 11 is 6.14. The van der Waals surface area contributed by atoms with Crippen LogP contribution in [0.2, 0.25) is 5.02 Å². The van der Waals surface area contributed by atoms with Crippen molar-refractivity contribution in [3.05, 3.63) is 76.6 Å². The van der Waals surface area contributed by atoms with E-state index in [1.54, 1.807) is 18.3 Å². The minimum absolute atomic E-state index is 0.226. The summed E-state index contributed by atoms with van der Waals surface area (Å²) < 4.78 is 10.6. The van der Waals surface area contributed by atoms with Gasteiger partial charge in [-0.05, 0) is 54.4 Å². The highest BCUT2D eigenvalue weighted by atomic mass is 35.5. The Bertz CT molecular complexity index is 1020. The number of aryl methyl sites for hydroxylation is 1. The maximum atomic E-state index is 12.3. The molecule has 0 fully saturated rings. The predicted molar refractivity (Wildman–Crippen MR) is 107 cm³/mol. The second-order valence-electron chi connectivity index (χ2n) is 6.39. The summed E-state index contributed by atoms with van der Waals surface area (Å²) in [7, 11) is 0. The van der Waals surface area contributed by atoms with Gasteiger partial charge in [-0.3, -0.25) is 4.79 Å². The number of nitrogens with one attached hydrogen (secondary N) is 2. The van der Waals surface area contributed by atoms with Gasteiger partial charge in [-0.1, -0.05) is 23.7 Å². The Morgan fingerprint density at radius 1 is 1.07 bits per heavy atom. The van der Waals surface area contributed by atoms with Gasteiger partial charge in [-0.2, -0.15) is 0 Å². The summed E-state index contributed by atoms with van der Waals surface area (Å²) in [5.74, 6) is 1.16. The second kappa shape index (κ2) is 7.78. The average molecular weight is 396 g/mol. The number of fused-ring (bicyclic) bond motifs is 1. The minimum atomic E-state index is -0.248. The van der Waals surface area contributed by atoms with Crippen molar-refractivity contribution in [3.63, 3.8) is 0 Å². The lowest BCUT2D eigenvalue weighted by Crippen LogP contribution is -2.23. The van der Waals surface area contributed by atoms with Gasteiger partial charge in [-0.25, -0.2) is 4.98 Å². The fourth-order valence-electron chi connectivity index (χ4n) is 2.76. The molecule has 0 saturated heterocycles. The van der Waals surface area contributed by atoms with E-state index in [9.17, 15) is 4.79 Å². The van der Waals surface area contributed by atoms with Crippen LogP contribution in [0, 0.1) is 6.92 Å². The number of pyridine rings is 1. The van der Waals surface area contributed by atoms with Crippen LogP contribution in [0.5, 0.6) is 11.5 Å². The molecule has 4 rings (SSSR count). The maximum absolute atomic E-state index is 12.3. The first kappa shape index (κ1) is 18.1. The molecule has 0 radical (unpaired) electrons. The molecule has 1 aliphatic heterocycles. The van der Waals surface area contributed by atoms with Gasteiger partial charge in [0.05, 0.1) is 11.9 Å². The lowest BCUT2D eigenvalue weighted by molar-refractivity contribution is 0.0946. The summed E-state index contributed by atoms with van der Waals surface area (Å²) in [4.78, 5) is 16.6. The molecule has 142 valence electrons. The molecule has 2 heterocycles. The van der Waals surface area contributed by atoms with Gasteiger partial charge in [0.15, 0.2) is 11.5 Å². The number of aromatic nitrogens is 1. The lowest BCUT2D eigenvalue weighted by atomic mass is 10.2. The highest BCUT2D eigenvalue weighted by molar-refractivity contribution is 6.31. The number of benzene rings is 2. The third-order valence-corrected chi connectivity index (χ3v) is 4.75. The van der Waals surface area contributed by atoms with Crippen molar-refractivity contribution in [2.75, 3.05) is 12.1 Å². The third-order valence-electron chi connectivity index (χ3n) is 4.35. The van der Waals surface area contributed by atoms with Crippen molar-refractivity contribution in [1.29, 1.82) is 0 Å². The monoisotopic (exact) mass is 395 g/mol. The Morgan fingerprint density at radius 2 is 1.89 bits per heavy atom. The van der Waals surface area contributed by atoms with Gasteiger partial charge in [0, 0.05) is 17.3 Å². The summed E-state index contributed by atoms with van der Waals surface area (Å²) in [6, 6.07) is 14.8. The van der Waals surface area contributed by atoms with Crippen LogP contribution in [0.3, 0.4) is 0 Å². The van der Waals surface area contributed by atoms with Crippen LogP contribution >= 0.6 is 11.6 Å². The number of hydrogen-bond donors (Lipinski definition) is 2. The largest absolute Gasteiger partial charge is 0.454 e. The van der Waals surface area contributed by atoms with E-state index >= 15 is 0 Å². The molecule has 1 aromatic heterocycles. The van der Waals surface area contributed by atoms with Crippen LogP contribution in [-0.2, 0) is 6.54 Å².